The quantitative estimate of drug-likeness (QED) is 0.553. The number of carbonyl (C=O) groups is 2. The minimum Gasteiger partial charge on any atom is -0.293 e. The van der Waals surface area contributed by atoms with Gasteiger partial charge in [-0.15, -0.1) is 0 Å². The van der Waals surface area contributed by atoms with E-state index in [1.807, 2.05) is 48.6 Å². The van der Waals surface area contributed by atoms with Crippen LogP contribution in [0, 0.1) is 10.8 Å². The molecule has 0 amide bonds. The molecule has 0 spiro atoms. The van der Waals surface area contributed by atoms with Crippen LogP contribution in [0.15, 0.2) is 72.8 Å². The van der Waals surface area contributed by atoms with Crippen molar-refractivity contribution in [3.63, 3.8) is 0 Å². The Morgan fingerprint density at radius 2 is 1.12 bits per heavy atom. The first-order valence-electron chi connectivity index (χ1n) is 8.58. The fourth-order valence-corrected chi connectivity index (χ4v) is 4.82. The zero-order chi connectivity index (χ0) is 16.8. The lowest BCUT2D eigenvalue weighted by Gasteiger charge is -2.28. The zero-order valence-electron chi connectivity index (χ0n) is 13.5. The van der Waals surface area contributed by atoms with Crippen LogP contribution in [0.25, 0.3) is 21.5 Å². The monoisotopic (exact) mass is 322 g/mol. The fraction of sp³-hybridized carbons (Fsp3) is 0.130. The van der Waals surface area contributed by atoms with E-state index in [0.717, 1.165) is 21.5 Å². The van der Waals surface area contributed by atoms with Crippen molar-refractivity contribution in [3.8, 4) is 0 Å². The summed E-state index contributed by atoms with van der Waals surface area (Å²) in [6.07, 6.45) is 8.27. The summed E-state index contributed by atoms with van der Waals surface area (Å²) in [5, 5.41) is 4.31. The number of Topliss-reactive ketones (excluding diaryl/α,β-unsaturated/α-hetero) is 2. The van der Waals surface area contributed by atoms with Crippen LogP contribution in [0.5, 0.6) is 0 Å². The molecular weight excluding hydrogens is 308 g/mol. The molecule has 2 atom stereocenters. The van der Waals surface area contributed by atoms with Crippen LogP contribution in [-0.2, 0) is 0 Å². The van der Waals surface area contributed by atoms with Gasteiger partial charge < -0.3 is 0 Å². The van der Waals surface area contributed by atoms with Gasteiger partial charge in [-0.05, 0) is 52.2 Å². The normalized spacial score (nSPS) is 28.8. The first-order chi connectivity index (χ1) is 12.1. The third-order valence-corrected chi connectivity index (χ3v) is 6.24. The molecule has 1 saturated carbocycles. The van der Waals surface area contributed by atoms with E-state index in [2.05, 4.69) is 24.3 Å². The Morgan fingerprint density at radius 3 is 1.60 bits per heavy atom. The van der Waals surface area contributed by atoms with Crippen LogP contribution in [0.4, 0.5) is 0 Å². The van der Waals surface area contributed by atoms with Crippen molar-refractivity contribution in [2.45, 2.75) is 6.42 Å². The van der Waals surface area contributed by atoms with Crippen LogP contribution in [0.2, 0.25) is 0 Å². The number of hydrogen-bond donors (Lipinski definition) is 0. The van der Waals surface area contributed by atoms with Gasteiger partial charge in [0.25, 0.3) is 0 Å². The number of fused-ring (bicyclic) bond motifs is 3. The number of ketones is 2. The second kappa shape index (κ2) is 3.97. The Hall–Kier alpha value is -3.00. The number of hydrogen-bond acceptors (Lipinski definition) is 2. The topological polar surface area (TPSA) is 34.1 Å². The third-order valence-electron chi connectivity index (χ3n) is 6.24. The van der Waals surface area contributed by atoms with E-state index in [-0.39, 0.29) is 11.6 Å². The maximum absolute atomic E-state index is 13.2. The van der Waals surface area contributed by atoms with Crippen LogP contribution >= 0.6 is 0 Å². The Bertz CT molecular complexity index is 1120. The Balaban J connectivity index is 1.68. The molecule has 0 bridgehead atoms. The average molecular weight is 322 g/mol. The molecule has 0 saturated heterocycles. The van der Waals surface area contributed by atoms with Gasteiger partial charge in [-0.1, -0.05) is 48.6 Å². The Morgan fingerprint density at radius 1 is 0.640 bits per heavy atom. The van der Waals surface area contributed by atoms with Gasteiger partial charge in [0.05, 0.1) is 10.8 Å². The molecule has 0 N–H and O–H groups in total. The Kier molecular flexibility index (Phi) is 2.11. The largest absolute Gasteiger partial charge is 0.293 e. The predicted octanol–water partition coefficient (Wildman–Crippen LogP) is 4.87. The maximum Gasteiger partial charge on any atom is 0.174 e. The summed E-state index contributed by atoms with van der Waals surface area (Å²) in [7, 11) is 0. The highest BCUT2D eigenvalue weighted by Crippen LogP contribution is 2.71. The van der Waals surface area contributed by atoms with E-state index in [4.69, 9.17) is 0 Å². The predicted molar refractivity (Wildman–Crippen MR) is 97.9 cm³/mol. The molecule has 0 heterocycles. The molecule has 1 fully saturated rings. The molecule has 3 aromatic carbocycles. The van der Waals surface area contributed by atoms with Crippen molar-refractivity contribution in [2.24, 2.45) is 10.8 Å². The summed E-state index contributed by atoms with van der Waals surface area (Å²) in [6.45, 7) is 0. The van der Waals surface area contributed by atoms with Gasteiger partial charge in [0, 0.05) is 11.1 Å². The van der Waals surface area contributed by atoms with Crippen molar-refractivity contribution in [2.75, 3.05) is 0 Å². The van der Waals surface area contributed by atoms with Gasteiger partial charge in [0.15, 0.2) is 11.6 Å². The van der Waals surface area contributed by atoms with Crippen molar-refractivity contribution in [1.82, 2.24) is 0 Å². The Labute approximate surface area is 144 Å². The third kappa shape index (κ3) is 1.38. The minimum absolute atomic E-state index is 0.0951. The minimum atomic E-state index is -0.629. The van der Waals surface area contributed by atoms with E-state index in [9.17, 15) is 9.59 Å². The molecule has 3 aliphatic rings. The zero-order valence-corrected chi connectivity index (χ0v) is 13.5. The highest BCUT2D eigenvalue weighted by molar-refractivity contribution is 6.26. The second-order valence-electron chi connectivity index (χ2n) is 7.44. The number of rotatable bonds is 0. The standard InChI is InChI=1S/C23H14O2/c24-20-18-11-16-9-14-5-1-2-6-15(14)10-17(16)12-19(18)21(25)23-8-4-3-7-22(20,23)13-23/h1-12H,13H2. The van der Waals surface area contributed by atoms with E-state index in [1.165, 1.54) is 0 Å². The molecule has 2 unspecified atom stereocenters. The van der Waals surface area contributed by atoms with E-state index in [1.54, 1.807) is 0 Å². The summed E-state index contributed by atoms with van der Waals surface area (Å²) in [5.41, 5.74) is -0.0890. The lowest BCUT2D eigenvalue weighted by molar-refractivity contribution is 0.0802. The average Bonchev–Trinajstić information content (AvgIpc) is 3.36. The lowest BCUT2D eigenvalue weighted by atomic mass is 9.72. The van der Waals surface area contributed by atoms with Gasteiger partial charge in [0.1, 0.15) is 0 Å². The highest BCUT2D eigenvalue weighted by Gasteiger charge is 2.75. The molecule has 25 heavy (non-hydrogen) atoms. The van der Waals surface area contributed by atoms with Gasteiger partial charge in [-0.2, -0.15) is 0 Å². The van der Waals surface area contributed by atoms with Crippen molar-refractivity contribution in [1.29, 1.82) is 0 Å². The summed E-state index contributed by atoms with van der Waals surface area (Å²) >= 11 is 0. The fourth-order valence-electron chi connectivity index (χ4n) is 4.82. The number of allylic oxidation sites excluding steroid dienone is 4. The summed E-state index contributed by atoms with van der Waals surface area (Å²) in [5.74, 6) is 0.190. The molecule has 3 aliphatic carbocycles. The molecule has 118 valence electrons. The molecular formula is C23H14O2. The lowest BCUT2D eigenvalue weighted by Crippen LogP contribution is -2.35. The molecule has 0 aromatic heterocycles. The summed E-state index contributed by atoms with van der Waals surface area (Å²) in [6, 6.07) is 16.2. The van der Waals surface area contributed by atoms with Gasteiger partial charge in [0.2, 0.25) is 0 Å². The smallest absolute Gasteiger partial charge is 0.174 e. The number of carbonyl (C=O) groups excluding carboxylic acids is 2. The highest BCUT2D eigenvalue weighted by atomic mass is 16.1. The van der Waals surface area contributed by atoms with Gasteiger partial charge >= 0.3 is 0 Å². The van der Waals surface area contributed by atoms with Gasteiger partial charge in [-0.3, -0.25) is 9.59 Å². The molecule has 6 rings (SSSR count). The molecule has 2 heteroatoms. The van der Waals surface area contributed by atoms with E-state index >= 15 is 0 Å². The van der Waals surface area contributed by atoms with E-state index in [0.29, 0.717) is 17.5 Å². The number of benzene rings is 3. The van der Waals surface area contributed by atoms with Gasteiger partial charge in [-0.25, -0.2) is 0 Å². The van der Waals surface area contributed by atoms with Crippen LogP contribution in [-0.4, -0.2) is 11.6 Å². The summed E-state index contributed by atoms with van der Waals surface area (Å²) < 4.78 is 0. The molecule has 3 aromatic rings. The summed E-state index contributed by atoms with van der Waals surface area (Å²) in [4.78, 5) is 26.4. The first kappa shape index (κ1) is 13.3. The van der Waals surface area contributed by atoms with Crippen molar-refractivity contribution >= 4 is 33.1 Å². The maximum atomic E-state index is 13.2. The second-order valence-corrected chi connectivity index (χ2v) is 7.44. The SMILES string of the molecule is O=C1c2cc3cc4ccccc4cc3cc2C(=O)C23C=CC=CC12C3. The molecule has 0 radical (unpaired) electrons. The van der Waals surface area contributed by atoms with Crippen LogP contribution < -0.4 is 0 Å². The van der Waals surface area contributed by atoms with Crippen molar-refractivity contribution < 1.29 is 9.59 Å². The molecule has 2 nitrogen and oxygen atoms in total. The molecule has 0 aliphatic heterocycles. The van der Waals surface area contributed by atoms with E-state index < -0.39 is 10.8 Å². The van der Waals surface area contributed by atoms with Crippen LogP contribution in [0.3, 0.4) is 0 Å². The van der Waals surface area contributed by atoms with Crippen LogP contribution in [0.1, 0.15) is 27.1 Å². The van der Waals surface area contributed by atoms with Crippen molar-refractivity contribution in [3.05, 3.63) is 84.0 Å². The first-order valence-corrected chi connectivity index (χ1v) is 8.58.